The molecule has 0 heterocycles. The number of hydrogen-bond acceptors (Lipinski definition) is 4. The molecule has 1 rings (SSSR count). The van der Waals surface area contributed by atoms with Crippen LogP contribution < -0.4 is 10.1 Å². The van der Waals surface area contributed by atoms with E-state index in [1.165, 1.54) is 0 Å². The minimum Gasteiger partial charge on any atom is -0.494 e. The Kier molecular flexibility index (Phi) is 6.32. The van der Waals surface area contributed by atoms with Crippen LogP contribution in [-0.2, 0) is 11.4 Å². The number of carbonyl (C=O) groups is 1. The quantitative estimate of drug-likeness (QED) is 0.663. The zero-order chi connectivity index (χ0) is 14.3. The highest BCUT2D eigenvalue weighted by atomic mass is 16.5. The number of aliphatic hydroxyl groups excluding tert-OH is 1. The fourth-order valence-electron chi connectivity index (χ4n) is 1.71. The lowest BCUT2D eigenvalue weighted by atomic mass is 10.2. The van der Waals surface area contributed by atoms with Crippen molar-refractivity contribution in [3.05, 3.63) is 29.8 Å². The Morgan fingerprint density at radius 2 is 2.16 bits per heavy atom. The van der Waals surface area contributed by atoms with Crippen molar-refractivity contribution in [2.75, 3.05) is 6.61 Å². The van der Waals surface area contributed by atoms with Crippen molar-refractivity contribution >= 4 is 5.97 Å². The summed E-state index contributed by atoms with van der Waals surface area (Å²) in [6.07, 6.45) is 0.386. The van der Waals surface area contributed by atoms with Gasteiger partial charge in [0.2, 0.25) is 0 Å². The van der Waals surface area contributed by atoms with Crippen molar-refractivity contribution < 1.29 is 19.7 Å². The lowest BCUT2D eigenvalue weighted by Crippen LogP contribution is -2.41. The van der Waals surface area contributed by atoms with E-state index in [0.717, 1.165) is 5.56 Å². The molecule has 1 unspecified atom stereocenters. The average molecular weight is 267 g/mol. The number of benzene rings is 1. The summed E-state index contributed by atoms with van der Waals surface area (Å²) in [7, 11) is 0. The normalized spacial score (nSPS) is 12.4. The van der Waals surface area contributed by atoms with E-state index in [-0.39, 0.29) is 12.6 Å². The molecule has 1 aromatic carbocycles. The summed E-state index contributed by atoms with van der Waals surface area (Å²) in [5, 5.41) is 21.0. The molecule has 19 heavy (non-hydrogen) atoms. The van der Waals surface area contributed by atoms with E-state index in [1.807, 2.05) is 13.8 Å². The summed E-state index contributed by atoms with van der Waals surface area (Å²) in [5.74, 6) is -0.235. The Bertz CT molecular complexity index is 406. The number of carboxylic acid groups (broad SMARTS) is 1. The molecule has 0 bridgehead atoms. The highest BCUT2D eigenvalue weighted by Gasteiger charge is 2.17. The van der Waals surface area contributed by atoms with Crippen LogP contribution >= 0.6 is 0 Å². The van der Waals surface area contributed by atoms with Gasteiger partial charge in [0, 0.05) is 12.5 Å². The van der Waals surface area contributed by atoms with Gasteiger partial charge in [0.05, 0.1) is 13.2 Å². The van der Waals surface area contributed by atoms with Gasteiger partial charge >= 0.3 is 5.97 Å². The van der Waals surface area contributed by atoms with Gasteiger partial charge in [-0.2, -0.15) is 0 Å². The molecule has 0 aliphatic carbocycles. The molecular weight excluding hydrogens is 246 g/mol. The zero-order valence-electron chi connectivity index (χ0n) is 11.3. The molecule has 1 atom stereocenters. The predicted octanol–water partition coefficient (Wildman–Crippen LogP) is 1.40. The standard InChI is InChI=1S/C14H21NO4/c1-10(2)15-13(14(17)18)6-7-19-12-5-3-4-11(8-12)9-16/h3-5,8,10,13,15-16H,6-7,9H2,1-2H3,(H,17,18). The van der Waals surface area contributed by atoms with Crippen LogP contribution in [0.5, 0.6) is 5.75 Å². The van der Waals surface area contributed by atoms with E-state index in [1.54, 1.807) is 24.3 Å². The average Bonchev–Trinajstić information content (AvgIpc) is 2.37. The molecule has 3 N–H and O–H groups in total. The molecule has 5 nitrogen and oxygen atoms in total. The molecule has 0 amide bonds. The first-order chi connectivity index (χ1) is 9.02. The van der Waals surface area contributed by atoms with Crippen LogP contribution in [0, 0.1) is 0 Å². The Labute approximate surface area is 113 Å². The third kappa shape index (κ3) is 5.72. The number of aliphatic hydroxyl groups is 1. The highest BCUT2D eigenvalue weighted by molar-refractivity contribution is 5.73. The molecule has 0 aromatic heterocycles. The number of ether oxygens (including phenoxy) is 1. The van der Waals surface area contributed by atoms with E-state index in [2.05, 4.69) is 5.32 Å². The Hall–Kier alpha value is -1.59. The lowest BCUT2D eigenvalue weighted by molar-refractivity contribution is -0.140. The summed E-state index contributed by atoms with van der Waals surface area (Å²) in [6, 6.07) is 6.62. The van der Waals surface area contributed by atoms with Gasteiger partial charge in [-0.05, 0) is 17.7 Å². The Morgan fingerprint density at radius 3 is 2.74 bits per heavy atom. The van der Waals surface area contributed by atoms with Crippen molar-refractivity contribution in [1.29, 1.82) is 0 Å². The molecule has 5 heteroatoms. The molecular formula is C14H21NO4. The van der Waals surface area contributed by atoms with Crippen LogP contribution in [0.1, 0.15) is 25.8 Å². The number of hydrogen-bond donors (Lipinski definition) is 3. The molecule has 0 aliphatic heterocycles. The maximum atomic E-state index is 11.0. The van der Waals surface area contributed by atoms with Gasteiger partial charge < -0.3 is 20.3 Å². The van der Waals surface area contributed by atoms with Crippen LogP contribution in [0.25, 0.3) is 0 Å². The fraction of sp³-hybridized carbons (Fsp3) is 0.500. The maximum absolute atomic E-state index is 11.0. The fourth-order valence-corrected chi connectivity index (χ4v) is 1.71. The summed E-state index contributed by atoms with van der Waals surface area (Å²) in [5.41, 5.74) is 0.771. The van der Waals surface area contributed by atoms with Gasteiger partial charge in [0.15, 0.2) is 0 Å². The monoisotopic (exact) mass is 267 g/mol. The topological polar surface area (TPSA) is 78.8 Å². The van der Waals surface area contributed by atoms with Crippen molar-refractivity contribution in [2.24, 2.45) is 0 Å². The number of aliphatic carboxylic acids is 1. The van der Waals surface area contributed by atoms with Crippen molar-refractivity contribution in [3.8, 4) is 5.75 Å². The SMILES string of the molecule is CC(C)NC(CCOc1cccc(CO)c1)C(=O)O. The Balaban J connectivity index is 2.44. The third-order valence-corrected chi connectivity index (χ3v) is 2.59. The van der Waals surface area contributed by atoms with Crippen molar-refractivity contribution in [3.63, 3.8) is 0 Å². The maximum Gasteiger partial charge on any atom is 0.320 e. The predicted molar refractivity (Wildman–Crippen MR) is 72.2 cm³/mol. The first kappa shape index (κ1) is 15.5. The van der Waals surface area contributed by atoms with Crippen LogP contribution in [0.3, 0.4) is 0 Å². The Morgan fingerprint density at radius 1 is 1.42 bits per heavy atom. The molecule has 0 aliphatic rings. The van der Waals surface area contributed by atoms with Gasteiger partial charge in [-0.25, -0.2) is 0 Å². The summed E-state index contributed by atoms with van der Waals surface area (Å²) in [6.45, 7) is 4.08. The second kappa shape index (κ2) is 7.76. The van der Waals surface area contributed by atoms with Gasteiger partial charge in [-0.1, -0.05) is 26.0 Å². The van der Waals surface area contributed by atoms with E-state index >= 15 is 0 Å². The largest absolute Gasteiger partial charge is 0.494 e. The minimum absolute atomic E-state index is 0.0378. The van der Waals surface area contributed by atoms with Gasteiger partial charge in [-0.15, -0.1) is 0 Å². The molecule has 1 aromatic rings. The first-order valence-corrected chi connectivity index (χ1v) is 6.34. The molecule has 0 fully saturated rings. The third-order valence-electron chi connectivity index (χ3n) is 2.59. The molecule has 0 radical (unpaired) electrons. The van der Waals surface area contributed by atoms with Crippen LogP contribution in [-0.4, -0.2) is 34.9 Å². The van der Waals surface area contributed by atoms with Crippen LogP contribution in [0.4, 0.5) is 0 Å². The summed E-state index contributed by atoms with van der Waals surface area (Å²) in [4.78, 5) is 11.0. The van der Waals surface area contributed by atoms with E-state index in [0.29, 0.717) is 18.8 Å². The molecule has 0 saturated carbocycles. The van der Waals surface area contributed by atoms with E-state index in [9.17, 15) is 4.79 Å². The molecule has 0 spiro atoms. The number of carboxylic acids is 1. The van der Waals surface area contributed by atoms with Gasteiger partial charge in [0.1, 0.15) is 11.8 Å². The minimum atomic E-state index is -0.874. The van der Waals surface area contributed by atoms with Crippen molar-refractivity contribution in [1.82, 2.24) is 5.32 Å². The summed E-state index contributed by atoms with van der Waals surface area (Å²) >= 11 is 0. The van der Waals surface area contributed by atoms with E-state index < -0.39 is 12.0 Å². The zero-order valence-corrected chi connectivity index (χ0v) is 11.3. The first-order valence-electron chi connectivity index (χ1n) is 6.34. The van der Waals surface area contributed by atoms with Crippen LogP contribution in [0.2, 0.25) is 0 Å². The molecule has 106 valence electrons. The van der Waals surface area contributed by atoms with Gasteiger partial charge in [-0.3, -0.25) is 4.79 Å². The highest BCUT2D eigenvalue weighted by Crippen LogP contribution is 2.13. The molecule has 0 saturated heterocycles. The lowest BCUT2D eigenvalue weighted by Gasteiger charge is -2.17. The van der Waals surface area contributed by atoms with E-state index in [4.69, 9.17) is 14.9 Å². The summed E-state index contributed by atoms with van der Waals surface area (Å²) < 4.78 is 5.50. The van der Waals surface area contributed by atoms with Crippen molar-refractivity contribution in [2.45, 2.75) is 39.0 Å². The number of nitrogens with one attached hydrogen (secondary N) is 1. The van der Waals surface area contributed by atoms with Gasteiger partial charge in [0.25, 0.3) is 0 Å². The van der Waals surface area contributed by atoms with Crippen LogP contribution in [0.15, 0.2) is 24.3 Å². The second-order valence-corrected chi connectivity index (χ2v) is 4.65. The smallest absolute Gasteiger partial charge is 0.320 e. The second-order valence-electron chi connectivity index (χ2n) is 4.65. The number of rotatable bonds is 8.